The monoisotopic (exact) mass is 403 g/mol. The molecule has 1 aliphatic rings. The molecule has 2 aromatic carbocycles. The van der Waals surface area contributed by atoms with E-state index in [0.29, 0.717) is 5.02 Å². The Morgan fingerprint density at radius 1 is 1.11 bits per heavy atom. The third-order valence-electron chi connectivity index (χ3n) is 4.94. The van der Waals surface area contributed by atoms with Gasteiger partial charge in [0.05, 0.1) is 12.0 Å². The summed E-state index contributed by atoms with van der Waals surface area (Å²) >= 11 is 5.96. The summed E-state index contributed by atoms with van der Waals surface area (Å²) in [6, 6.07) is 10.5. The molecule has 6 heteroatoms. The van der Waals surface area contributed by atoms with Gasteiger partial charge in [0.25, 0.3) is 0 Å². The minimum absolute atomic E-state index is 0.0490. The molecule has 28 heavy (non-hydrogen) atoms. The van der Waals surface area contributed by atoms with Crippen LogP contribution in [0.2, 0.25) is 5.02 Å². The van der Waals surface area contributed by atoms with Gasteiger partial charge in [-0.05, 0) is 42.7 Å². The number of halogens is 3. The molecule has 0 aromatic heterocycles. The number of carbonyl (C=O) groups is 1. The van der Waals surface area contributed by atoms with Crippen molar-refractivity contribution in [2.45, 2.75) is 31.1 Å². The van der Waals surface area contributed by atoms with Crippen molar-refractivity contribution in [3.05, 3.63) is 64.7 Å². The molecule has 0 heterocycles. The van der Waals surface area contributed by atoms with Crippen LogP contribution in [-0.4, -0.2) is 19.1 Å². The van der Waals surface area contributed by atoms with Crippen LogP contribution in [-0.2, 0) is 10.2 Å². The van der Waals surface area contributed by atoms with Crippen molar-refractivity contribution in [1.29, 1.82) is 0 Å². The lowest BCUT2D eigenvalue weighted by molar-refractivity contribution is -0.126. The average Bonchev–Trinajstić information content (AvgIpc) is 3.17. The Morgan fingerprint density at radius 2 is 1.82 bits per heavy atom. The zero-order chi connectivity index (χ0) is 20.0. The molecular formula is C22H20ClF2NO2. The topological polar surface area (TPSA) is 38.3 Å². The van der Waals surface area contributed by atoms with Gasteiger partial charge in [-0.15, -0.1) is 0 Å². The molecule has 2 aromatic rings. The highest BCUT2D eigenvalue weighted by Crippen LogP contribution is 2.41. The Bertz CT molecular complexity index is 897. The van der Waals surface area contributed by atoms with Crippen LogP contribution in [0.15, 0.2) is 42.5 Å². The largest absolute Gasteiger partial charge is 0.478 e. The Kier molecular flexibility index (Phi) is 6.53. The summed E-state index contributed by atoms with van der Waals surface area (Å²) in [4.78, 5) is 12.9. The number of benzene rings is 2. The molecule has 1 amide bonds. The summed E-state index contributed by atoms with van der Waals surface area (Å²) in [5.74, 6) is 3.96. The van der Waals surface area contributed by atoms with Crippen LogP contribution >= 0.6 is 11.6 Å². The van der Waals surface area contributed by atoms with Gasteiger partial charge in [0.1, 0.15) is 12.4 Å². The van der Waals surface area contributed by atoms with E-state index in [2.05, 4.69) is 17.2 Å². The van der Waals surface area contributed by atoms with E-state index in [4.69, 9.17) is 16.3 Å². The molecule has 146 valence electrons. The lowest BCUT2D eigenvalue weighted by Gasteiger charge is -2.28. The second-order valence-corrected chi connectivity index (χ2v) is 7.13. The van der Waals surface area contributed by atoms with Gasteiger partial charge in [0.15, 0.2) is 11.6 Å². The lowest BCUT2D eigenvalue weighted by atomic mass is 9.78. The van der Waals surface area contributed by atoms with Gasteiger partial charge in [-0.3, -0.25) is 4.79 Å². The SMILES string of the molecule is O=C(NCC#CCOc1ccc(F)cc1F)C1(c2ccc(Cl)cc2)CCCC1. The highest BCUT2D eigenvalue weighted by atomic mass is 35.5. The Labute approximate surface area is 168 Å². The molecule has 3 nitrogen and oxygen atoms in total. The fraction of sp³-hybridized carbons (Fsp3) is 0.318. The third kappa shape index (κ3) is 4.63. The van der Waals surface area contributed by atoms with E-state index in [1.807, 2.05) is 12.1 Å². The van der Waals surface area contributed by atoms with Gasteiger partial charge in [0.2, 0.25) is 5.91 Å². The van der Waals surface area contributed by atoms with Gasteiger partial charge in [-0.2, -0.15) is 0 Å². The third-order valence-corrected chi connectivity index (χ3v) is 5.20. The molecule has 0 unspecified atom stereocenters. The fourth-order valence-corrected chi connectivity index (χ4v) is 3.63. The van der Waals surface area contributed by atoms with E-state index in [1.54, 1.807) is 12.1 Å². The van der Waals surface area contributed by atoms with Crippen molar-refractivity contribution in [3.8, 4) is 17.6 Å². The molecule has 0 aliphatic heterocycles. The Hall–Kier alpha value is -2.58. The molecule has 0 bridgehead atoms. The highest BCUT2D eigenvalue weighted by molar-refractivity contribution is 6.30. The van der Waals surface area contributed by atoms with E-state index in [1.165, 1.54) is 6.07 Å². The van der Waals surface area contributed by atoms with E-state index >= 15 is 0 Å². The van der Waals surface area contributed by atoms with Crippen LogP contribution in [0.1, 0.15) is 31.2 Å². The fourth-order valence-electron chi connectivity index (χ4n) is 3.51. The van der Waals surface area contributed by atoms with Crippen molar-refractivity contribution in [2.24, 2.45) is 0 Å². The molecule has 1 saturated carbocycles. The number of amides is 1. The van der Waals surface area contributed by atoms with Crippen LogP contribution < -0.4 is 10.1 Å². The van der Waals surface area contributed by atoms with Crippen LogP contribution in [0.3, 0.4) is 0 Å². The predicted molar refractivity (Wildman–Crippen MR) is 104 cm³/mol. The number of nitrogens with one attached hydrogen (secondary N) is 1. The standard InChI is InChI=1S/C22H20ClF2NO2/c23-17-7-5-16(6-8-17)22(11-1-2-12-22)21(27)26-13-3-4-14-28-20-10-9-18(24)15-19(20)25/h5-10,15H,1-2,11-14H2,(H,26,27). The van der Waals surface area contributed by atoms with E-state index in [0.717, 1.165) is 43.4 Å². The predicted octanol–water partition coefficient (Wildman–Crippen LogP) is 4.63. The zero-order valence-corrected chi connectivity index (χ0v) is 16.0. The normalized spacial score (nSPS) is 14.8. The molecule has 3 rings (SSSR count). The van der Waals surface area contributed by atoms with Gasteiger partial charge < -0.3 is 10.1 Å². The molecule has 0 radical (unpaired) electrons. The first kappa shape index (κ1) is 20.2. The van der Waals surface area contributed by atoms with Gasteiger partial charge >= 0.3 is 0 Å². The zero-order valence-electron chi connectivity index (χ0n) is 15.2. The minimum Gasteiger partial charge on any atom is -0.478 e. The first-order valence-electron chi connectivity index (χ1n) is 9.09. The van der Waals surface area contributed by atoms with Gasteiger partial charge in [0, 0.05) is 11.1 Å². The average molecular weight is 404 g/mol. The van der Waals surface area contributed by atoms with Gasteiger partial charge in [-0.25, -0.2) is 8.78 Å². The Balaban J connectivity index is 1.54. The second kappa shape index (κ2) is 9.07. The van der Waals surface area contributed by atoms with Crippen molar-refractivity contribution >= 4 is 17.5 Å². The quantitative estimate of drug-likeness (QED) is 0.739. The smallest absolute Gasteiger partial charge is 0.231 e. The number of hydrogen-bond donors (Lipinski definition) is 1. The molecule has 0 saturated heterocycles. The summed E-state index contributed by atoms with van der Waals surface area (Å²) in [7, 11) is 0. The van der Waals surface area contributed by atoms with Crippen LogP contribution in [0.5, 0.6) is 5.75 Å². The minimum atomic E-state index is -0.777. The van der Waals surface area contributed by atoms with Gasteiger partial charge in [-0.1, -0.05) is 48.4 Å². The number of ether oxygens (including phenoxy) is 1. The highest BCUT2D eigenvalue weighted by Gasteiger charge is 2.42. The number of carbonyl (C=O) groups excluding carboxylic acids is 1. The summed E-state index contributed by atoms with van der Waals surface area (Å²) in [5, 5.41) is 3.51. The van der Waals surface area contributed by atoms with E-state index < -0.39 is 17.0 Å². The number of hydrogen-bond acceptors (Lipinski definition) is 2. The van der Waals surface area contributed by atoms with Crippen molar-refractivity contribution in [1.82, 2.24) is 5.32 Å². The first-order chi connectivity index (χ1) is 13.5. The summed E-state index contributed by atoms with van der Waals surface area (Å²) < 4.78 is 31.5. The number of rotatable bonds is 5. The molecule has 1 aliphatic carbocycles. The summed E-state index contributed by atoms with van der Waals surface area (Å²) in [6.45, 7) is 0.115. The van der Waals surface area contributed by atoms with Crippen molar-refractivity contribution < 1.29 is 18.3 Å². The van der Waals surface area contributed by atoms with Crippen molar-refractivity contribution in [2.75, 3.05) is 13.2 Å². The first-order valence-corrected chi connectivity index (χ1v) is 9.47. The molecule has 1 N–H and O–H groups in total. The maximum absolute atomic E-state index is 13.5. The molecular weight excluding hydrogens is 384 g/mol. The maximum Gasteiger partial charge on any atom is 0.231 e. The molecule has 0 spiro atoms. The molecule has 1 fully saturated rings. The molecule has 0 atom stereocenters. The van der Waals surface area contributed by atoms with Crippen LogP contribution in [0, 0.1) is 23.5 Å². The lowest BCUT2D eigenvalue weighted by Crippen LogP contribution is -2.42. The summed E-state index contributed by atoms with van der Waals surface area (Å²) in [5.41, 5.74) is 0.426. The van der Waals surface area contributed by atoms with Crippen LogP contribution in [0.25, 0.3) is 0 Å². The van der Waals surface area contributed by atoms with Crippen molar-refractivity contribution in [3.63, 3.8) is 0 Å². The summed E-state index contributed by atoms with van der Waals surface area (Å²) in [6.07, 6.45) is 3.58. The van der Waals surface area contributed by atoms with E-state index in [-0.39, 0.29) is 24.8 Å². The second-order valence-electron chi connectivity index (χ2n) is 6.70. The van der Waals surface area contributed by atoms with E-state index in [9.17, 15) is 13.6 Å². The Morgan fingerprint density at radius 3 is 2.50 bits per heavy atom. The maximum atomic E-state index is 13.5. The van der Waals surface area contributed by atoms with Crippen LogP contribution in [0.4, 0.5) is 8.78 Å².